The SMILES string of the molecule is Cc1cccc2sc(NC(=O)COc3ccc(Br)cc3Br)nc12. The molecule has 7 heteroatoms. The Hall–Kier alpha value is -1.44. The minimum absolute atomic E-state index is 0.0743. The maximum Gasteiger partial charge on any atom is 0.264 e. The minimum Gasteiger partial charge on any atom is -0.483 e. The Morgan fingerprint density at radius 1 is 1.30 bits per heavy atom. The van der Waals surface area contributed by atoms with Gasteiger partial charge >= 0.3 is 0 Å². The Balaban J connectivity index is 1.65. The summed E-state index contributed by atoms with van der Waals surface area (Å²) in [6.45, 7) is 1.93. The number of hydrogen-bond donors (Lipinski definition) is 1. The van der Waals surface area contributed by atoms with Gasteiger partial charge in [-0.3, -0.25) is 10.1 Å². The molecule has 1 N–H and O–H groups in total. The Labute approximate surface area is 154 Å². The largest absolute Gasteiger partial charge is 0.483 e. The molecule has 0 aliphatic heterocycles. The van der Waals surface area contributed by atoms with Crippen molar-refractivity contribution in [2.45, 2.75) is 6.92 Å². The minimum atomic E-state index is -0.239. The Morgan fingerprint density at radius 2 is 2.13 bits per heavy atom. The van der Waals surface area contributed by atoms with E-state index in [0.717, 1.165) is 24.7 Å². The molecule has 0 spiro atoms. The summed E-state index contributed by atoms with van der Waals surface area (Å²) < 4.78 is 8.30. The van der Waals surface area contributed by atoms with Crippen LogP contribution in [0.25, 0.3) is 10.2 Å². The molecule has 1 heterocycles. The fourth-order valence-electron chi connectivity index (χ4n) is 2.03. The van der Waals surface area contributed by atoms with E-state index in [1.165, 1.54) is 11.3 Å². The van der Waals surface area contributed by atoms with E-state index < -0.39 is 0 Å². The van der Waals surface area contributed by atoms with Crippen LogP contribution in [-0.4, -0.2) is 17.5 Å². The van der Waals surface area contributed by atoms with Gasteiger partial charge in [-0.05, 0) is 52.7 Å². The van der Waals surface area contributed by atoms with E-state index in [-0.39, 0.29) is 12.5 Å². The van der Waals surface area contributed by atoms with Gasteiger partial charge < -0.3 is 4.74 Å². The van der Waals surface area contributed by atoms with E-state index in [2.05, 4.69) is 42.2 Å². The zero-order valence-corrected chi connectivity index (χ0v) is 16.1. The summed E-state index contributed by atoms with van der Waals surface area (Å²) in [5.41, 5.74) is 2.01. The number of nitrogens with zero attached hydrogens (tertiary/aromatic N) is 1. The van der Waals surface area contributed by atoms with Crippen LogP contribution in [0.15, 0.2) is 45.3 Å². The van der Waals surface area contributed by atoms with Crippen molar-refractivity contribution in [3.05, 3.63) is 50.9 Å². The number of carbonyl (C=O) groups is 1. The molecular formula is C16H12Br2N2O2S. The third-order valence-corrected chi connectivity index (χ3v) is 5.17. The second kappa shape index (κ2) is 6.98. The molecule has 2 aromatic carbocycles. The molecule has 0 atom stereocenters. The number of anilines is 1. The summed E-state index contributed by atoms with van der Waals surface area (Å²) in [6.07, 6.45) is 0. The first-order valence-electron chi connectivity index (χ1n) is 6.77. The van der Waals surface area contributed by atoms with Gasteiger partial charge in [0.2, 0.25) is 0 Å². The summed E-state index contributed by atoms with van der Waals surface area (Å²) >= 11 is 8.22. The number of hydrogen-bond acceptors (Lipinski definition) is 4. The second-order valence-corrected chi connectivity index (χ2v) is 7.65. The fourth-order valence-corrected chi connectivity index (χ4v) is 4.15. The summed E-state index contributed by atoms with van der Waals surface area (Å²) in [7, 11) is 0. The van der Waals surface area contributed by atoms with Crippen LogP contribution >= 0.6 is 43.2 Å². The van der Waals surface area contributed by atoms with E-state index in [1.54, 1.807) is 6.07 Å². The van der Waals surface area contributed by atoms with Crippen LogP contribution in [-0.2, 0) is 4.79 Å². The van der Waals surface area contributed by atoms with Gasteiger partial charge in [-0.2, -0.15) is 0 Å². The molecule has 118 valence electrons. The molecular weight excluding hydrogens is 444 g/mol. The first kappa shape index (κ1) is 16.4. The lowest BCUT2D eigenvalue weighted by molar-refractivity contribution is -0.118. The monoisotopic (exact) mass is 454 g/mol. The quantitative estimate of drug-likeness (QED) is 0.591. The third kappa shape index (κ3) is 3.91. The number of benzene rings is 2. The molecule has 23 heavy (non-hydrogen) atoms. The lowest BCUT2D eigenvalue weighted by atomic mass is 10.2. The van der Waals surface area contributed by atoms with Crippen molar-refractivity contribution in [1.82, 2.24) is 4.98 Å². The first-order chi connectivity index (χ1) is 11.0. The lowest BCUT2D eigenvalue weighted by Crippen LogP contribution is -2.20. The van der Waals surface area contributed by atoms with Crippen LogP contribution in [0.3, 0.4) is 0 Å². The molecule has 1 aromatic heterocycles. The number of fused-ring (bicyclic) bond motifs is 1. The van der Waals surface area contributed by atoms with E-state index in [9.17, 15) is 4.79 Å². The summed E-state index contributed by atoms with van der Waals surface area (Å²) in [5, 5.41) is 3.36. The van der Waals surface area contributed by atoms with Crippen LogP contribution in [0.1, 0.15) is 5.56 Å². The van der Waals surface area contributed by atoms with Crippen LogP contribution in [0.2, 0.25) is 0 Å². The highest BCUT2D eigenvalue weighted by Crippen LogP contribution is 2.29. The summed E-state index contributed by atoms with van der Waals surface area (Å²) in [4.78, 5) is 16.5. The highest BCUT2D eigenvalue weighted by atomic mass is 79.9. The zero-order chi connectivity index (χ0) is 16.4. The number of aromatic nitrogens is 1. The molecule has 0 fully saturated rings. The van der Waals surface area contributed by atoms with Gasteiger partial charge in [0.05, 0.1) is 14.7 Å². The number of carbonyl (C=O) groups excluding carboxylic acids is 1. The molecule has 0 bridgehead atoms. The average molecular weight is 456 g/mol. The topological polar surface area (TPSA) is 51.2 Å². The molecule has 0 saturated carbocycles. The number of para-hydroxylation sites is 1. The van der Waals surface area contributed by atoms with Crippen molar-refractivity contribution in [2.24, 2.45) is 0 Å². The van der Waals surface area contributed by atoms with Gasteiger partial charge in [-0.15, -0.1) is 0 Å². The van der Waals surface area contributed by atoms with Crippen molar-refractivity contribution in [2.75, 3.05) is 11.9 Å². The zero-order valence-electron chi connectivity index (χ0n) is 12.1. The van der Waals surface area contributed by atoms with Gasteiger partial charge in [0, 0.05) is 4.47 Å². The maximum atomic E-state index is 12.0. The third-order valence-electron chi connectivity index (χ3n) is 3.12. The van der Waals surface area contributed by atoms with Gasteiger partial charge in [-0.1, -0.05) is 39.4 Å². The predicted octanol–water partition coefficient (Wildman–Crippen LogP) is 5.15. The predicted molar refractivity (Wildman–Crippen MR) is 100 cm³/mol. The number of nitrogens with one attached hydrogen (secondary N) is 1. The van der Waals surface area contributed by atoms with Gasteiger partial charge in [0.15, 0.2) is 11.7 Å². The smallest absolute Gasteiger partial charge is 0.264 e. The van der Waals surface area contributed by atoms with Crippen molar-refractivity contribution >= 4 is 64.5 Å². The molecule has 0 radical (unpaired) electrons. The van der Waals surface area contributed by atoms with Gasteiger partial charge in [-0.25, -0.2) is 4.98 Å². The van der Waals surface area contributed by atoms with Crippen molar-refractivity contribution in [3.63, 3.8) is 0 Å². The van der Waals surface area contributed by atoms with Crippen LogP contribution < -0.4 is 10.1 Å². The van der Waals surface area contributed by atoms with Crippen LogP contribution in [0, 0.1) is 6.92 Å². The van der Waals surface area contributed by atoms with Crippen molar-refractivity contribution in [3.8, 4) is 5.75 Å². The van der Waals surface area contributed by atoms with Crippen molar-refractivity contribution in [1.29, 1.82) is 0 Å². The van der Waals surface area contributed by atoms with Crippen molar-refractivity contribution < 1.29 is 9.53 Å². The number of thiazole rings is 1. The normalized spacial score (nSPS) is 10.7. The highest BCUT2D eigenvalue weighted by Gasteiger charge is 2.10. The number of rotatable bonds is 4. The van der Waals surface area contributed by atoms with E-state index >= 15 is 0 Å². The van der Waals surface area contributed by atoms with Gasteiger partial charge in [0.25, 0.3) is 5.91 Å². The standard InChI is InChI=1S/C16H12Br2N2O2S/c1-9-3-2-4-13-15(9)20-16(23-13)19-14(21)8-22-12-6-5-10(17)7-11(12)18/h2-7H,8H2,1H3,(H,19,20,21). The van der Waals surface area contributed by atoms with E-state index in [1.807, 2.05) is 37.3 Å². The number of halogens is 2. The molecule has 0 saturated heterocycles. The van der Waals surface area contributed by atoms with Gasteiger partial charge in [0.1, 0.15) is 5.75 Å². The molecule has 0 aliphatic carbocycles. The molecule has 0 unspecified atom stereocenters. The molecule has 0 aliphatic rings. The second-order valence-electron chi connectivity index (χ2n) is 4.85. The Bertz CT molecular complexity index is 880. The molecule has 3 rings (SSSR count). The summed E-state index contributed by atoms with van der Waals surface area (Å²) in [6, 6.07) is 11.5. The number of amides is 1. The molecule has 3 aromatic rings. The average Bonchev–Trinajstić information content (AvgIpc) is 2.90. The molecule has 1 amide bonds. The van der Waals surface area contributed by atoms with E-state index in [0.29, 0.717) is 10.9 Å². The van der Waals surface area contributed by atoms with Crippen LogP contribution in [0.4, 0.5) is 5.13 Å². The summed E-state index contributed by atoms with van der Waals surface area (Å²) in [5.74, 6) is 0.375. The fraction of sp³-hybridized carbons (Fsp3) is 0.125. The van der Waals surface area contributed by atoms with E-state index in [4.69, 9.17) is 4.74 Å². The Morgan fingerprint density at radius 3 is 2.87 bits per heavy atom. The highest BCUT2D eigenvalue weighted by molar-refractivity contribution is 9.11. The molecule has 4 nitrogen and oxygen atoms in total. The number of ether oxygens (including phenoxy) is 1. The maximum absolute atomic E-state index is 12.0. The lowest BCUT2D eigenvalue weighted by Gasteiger charge is -2.07. The first-order valence-corrected chi connectivity index (χ1v) is 9.17. The number of aryl methyl sites for hydroxylation is 1. The van der Waals surface area contributed by atoms with Crippen LogP contribution in [0.5, 0.6) is 5.75 Å². The Kier molecular flexibility index (Phi) is 4.99.